The molecule has 1 unspecified atom stereocenters. The SMILES string of the molecule is O=C(NC1CCCN(Cc2ccc(Br)cc2)C1)c1ccncn1. The number of amides is 1. The number of benzene rings is 1. The van der Waals surface area contributed by atoms with Gasteiger partial charge in [-0.05, 0) is 43.1 Å². The van der Waals surface area contributed by atoms with Crippen molar-refractivity contribution >= 4 is 21.8 Å². The van der Waals surface area contributed by atoms with Gasteiger partial charge in [0.2, 0.25) is 0 Å². The second kappa shape index (κ2) is 7.66. The summed E-state index contributed by atoms with van der Waals surface area (Å²) in [4.78, 5) is 22.4. The van der Waals surface area contributed by atoms with E-state index in [1.54, 1.807) is 12.3 Å². The Kier molecular flexibility index (Phi) is 5.35. The second-order valence-corrected chi connectivity index (χ2v) is 6.68. The summed E-state index contributed by atoms with van der Waals surface area (Å²) in [5.41, 5.74) is 1.71. The Hall–Kier alpha value is -1.79. The molecular formula is C17H19BrN4O. The number of rotatable bonds is 4. The first-order chi connectivity index (χ1) is 11.2. The van der Waals surface area contributed by atoms with E-state index in [1.165, 1.54) is 11.9 Å². The van der Waals surface area contributed by atoms with E-state index in [1.807, 2.05) is 0 Å². The highest BCUT2D eigenvalue weighted by Crippen LogP contribution is 2.16. The summed E-state index contributed by atoms with van der Waals surface area (Å²) >= 11 is 3.46. The maximum Gasteiger partial charge on any atom is 0.270 e. The number of nitrogens with zero attached hydrogens (tertiary/aromatic N) is 3. The molecule has 1 amide bonds. The van der Waals surface area contributed by atoms with Crippen molar-refractivity contribution in [2.45, 2.75) is 25.4 Å². The molecule has 1 aliphatic rings. The summed E-state index contributed by atoms with van der Waals surface area (Å²) in [6, 6.07) is 10.2. The number of aromatic nitrogens is 2. The Morgan fingerprint density at radius 2 is 2.13 bits per heavy atom. The lowest BCUT2D eigenvalue weighted by Crippen LogP contribution is -2.47. The number of carbonyl (C=O) groups is 1. The van der Waals surface area contributed by atoms with Crippen LogP contribution in [0.5, 0.6) is 0 Å². The van der Waals surface area contributed by atoms with Gasteiger partial charge >= 0.3 is 0 Å². The van der Waals surface area contributed by atoms with E-state index in [9.17, 15) is 4.79 Å². The molecule has 0 aliphatic carbocycles. The van der Waals surface area contributed by atoms with E-state index in [4.69, 9.17) is 0 Å². The summed E-state index contributed by atoms with van der Waals surface area (Å²) in [5, 5.41) is 3.08. The van der Waals surface area contributed by atoms with E-state index in [0.717, 1.165) is 36.9 Å². The summed E-state index contributed by atoms with van der Waals surface area (Å²) in [6.07, 6.45) is 5.08. The van der Waals surface area contributed by atoms with Crippen LogP contribution in [0.25, 0.3) is 0 Å². The first-order valence-corrected chi connectivity index (χ1v) is 8.54. The lowest BCUT2D eigenvalue weighted by molar-refractivity contribution is 0.0895. The molecule has 1 aliphatic heterocycles. The van der Waals surface area contributed by atoms with Gasteiger partial charge in [-0.2, -0.15) is 0 Å². The van der Waals surface area contributed by atoms with E-state index in [2.05, 4.69) is 60.4 Å². The average Bonchev–Trinajstić information content (AvgIpc) is 2.58. The summed E-state index contributed by atoms with van der Waals surface area (Å²) in [7, 11) is 0. The number of nitrogens with one attached hydrogen (secondary N) is 1. The highest BCUT2D eigenvalue weighted by Gasteiger charge is 2.22. The predicted octanol–water partition coefficient (Wildman–Crippen LogP) is 2.63. The lowest BCUT2D eigenvalue weighted by Gasteiger charge is -2.33. The van der Waals surface area contributed by atoms with Crippen molar-refractivity contribution in [3.63, 3.8) is 0 Å². The Morgan fingerprint density at radius 3 is 2.87 bits per heavy atom. The van der Waals surface area contributed by atoms with Crippen molar-refractivity contribution in [2.75, 3.05) is 13.1 Å². The van der Waals surface area contributed by atoms with Crippen LogP contribution in [0, 0.1) is 0 Å². The molecule has 6 heteroatoms. The summed E-state index contributed by atoms with van der Waals surface area (Å²) in [5.74, 6) is -0.122. The topological polar surface area (TPSA) is 58.1 Å². The van der Waals surface area contributed by atoms with Crippen LogP contribution in [0.15, 0.2) is 47.3 Å². The molecule has 0 saturated carbocycles. The highest BCUT2D eigenvalue weighted by molar-refractivity contribution is 9.10. The van der Waals surface area contributed by atoms with Crippen molar-refractivity contribution in [2.24, 2.45) is 0 Å². The van der Waals surface area contributed by atoms with Crippen molar-refractivity contribution in [1.29, 1.82) is 0 Å². The van der Waals surface area contributed by atoms with Gasteiger partial charge in [0.15, 0.2) is 0 Å². The van der Waals surface area contributed by atoms with Gasteiger partial charge in [0.1, 0.15) is 12.0 Å². The standard InChI is InChI=1S/C17H19BrN4O/c18-14-5-3-13(4-6-14)10-22-9-1-2-15(11-22)21-17(23)16-7-8-19-12-20-16/h3-8,12,15H,1-2,9-11H2,(H,21,23). The van der Waals surface area contributed by atoms with Gasteiger partial charge in [-0.25, -0.2) is 9.97 Å². The molecule has 0 bridgehead atoms. The van der Waals surface area contributed by atoms with Crippen LogP contribution in [0.4, 0.5) is 0 Å². The molecule has 0 spiro atoms. The van der Waals surface area contributed by atoms with Crippen LogP contribution in [-0.2, 0) is 6.54 Å². The molecule has 23 heavy (non-hydrogen) atoms. The van der Waals surface area contributed by atoms with Crippen molar-refractivity contribution < 1.29 is 4.79 Å². The number of hydrogen-bond acceptors (Lipinski definition) is 4. The van der Waals surface area contributed by atoms with Crippen molar-refractivity contribution in [3.8, 4) is 0 Å². The van der Waals surface area contributed by atoms with Gasteiger partial charge in [0, 0.05) is 29.8 Å². The first-order valence-electron chi connectivity index (χ1n) is 7.74. The maximum absolute atomic E-state index is 12.2. The highest BCUT2D eigenvalue weighted by atomic mass is 79.9. The third-order valence-corrected chi connectivity index (χ3v) is 4.50. The van der Waals surface area contributed by atoms with Gasteiger partial charge in [-0.15, -0.1) is 0 Å². The zero-order valence-corrected chi connectivity index (χ0v) is 14.4. The van der Waals surface area contributed by atoms with Gasteiger partial charge in [0.25, 0.3) is 5.91 Å². The third-order valence-electron chi connectivity index (χ3n) is 3.97. The number of hydrogen-bond donors (Lipinski definition) is 1. The molecule has 1 saturated heterocycles. The Balaban J connectivity index is 1.55. The minimum atomic E-state index is -0.122. The van der Waals surface area contributed by atoms with Gasteiger partial charge in [-0.1, -0.05) is 28.1 Å². The fourth-order valence-electron chi connectivity index (χ4n) is 2.85. The number of carbonyl (C=O) groups excluding carboxylic acids is 1. The van der Waals surface area contributed by atoms with Gasteiger partial charge in [0.05, 0.1) is 0 Å². The van der Waals surface area contributed by atoms with Crippen LogP contribution < -0.4 is 5.32 Å². The van der Waals surface area contributed by atoms with E-state index in [0.29, 0.717) is 5.69 Å². The Morgan fingerprint density at radius 1 is 1.30 bits per heavy atom. The van der Waals surface area contributed by atoms with Crippen LogP contribution in [0.2, 0.25) is 0 Å². The fourth-order valence-corrected chi connectivity index (χ4v) is 3.11. The third kappa shape index (κ3) is 4.59. The van der Waals surface area contributed by atoms with E-state index < -0.39 is 0 Å². The van der Waals surface area contributed by atoms with Crippen molar-refractivity contribution in [1.82, 2.24) is 20.2 Å². The van der Waals surface area contributed by atoms with Crippen LogP contribution >= 0.6 is 15.9 Å². The molecule has 1 atom stereocenters. The molecule has 1 aromatic heterocycles. The smallest absolute Gasteiger partial charge is 0.270 e. The molecule has 1 N–H and O–H groups in total. The van der Waals surface area contributed by atoms with Gasteiger partial charge < -0.3 is 5.32 Å². The zero-order chi connectivity index (χ0) is 16.1. The zero-order valence-electron chi connectivity index (χ0n) is 12.8. The number of piperidine rings is 1. The first kappa shape index (κ1) is 16.1. The molecule has 2 heterocycles. The Labute approximate surface area is 144 Å². The molecule has 0 radical (unpaired) electrons. The summed E-state index contributed by atoms with van der Waals surface area (Å²) in [6.45, 7) is 2.84. The molecule has 3 rings (SSSR count). The molecule has 2 aromatic rings. The normalized spacial score (nSPS) is 18.6. The van der Waals surface area contributed by atoms with Gasteiger partial charge in [-0.3, -0.25) is 9.69 Å². The second-order valence-electron chi connectivity index (χ2n) is 5.77. The predicted molar refractivity (Wildman–Crippen MR) is 91.9 cm³/mol. The van der Waals surface area contributed by atoms with E-state index >= 15 is 0 Å². The van der Waals surface area contributed by atoms with Crippen LogP contribution in [0.3, 0.4) is 0 Å². The minimum absolute atomic E-state index is 0.122. The number of halogens is 1. The van der Waals surface area contributed by atoms with E-state index in [-0.39, 0.29) is 11.9 Å². The Bertz CT molecular complexity index is 647. The molecule has 1 aromatic carbocycles. The minimum Gasteiger partial charge on any atom is -0.347 e. The van der Waals surface area contributed by atoms with Crippen LogP contribution in [0.1, 0.15) is 28.9 Å². The lowest BCUT2D eigenvalue weighted by atomic mass is 10.0. The largest absolute Gasteiger partial charge is 0.347 e. The molecular weight excluding hydrogens is 356 g/mol. The van der Waals surface area contributed by atoms with Crippen LogP contribution in [-0.4, -0.2) is 39.9 Å². The monoisotopic (exact) mass is 374 g/mol. The van der Waals surface area contributed by atoms with Crippen molar-refractivity contribution in [3.05, 3.63) is 58.6 Å². The molecule has 1 fully saturated rings. The fraction of sp³-hybridized carbons (Fsp3) is 0.353. The number of likely N-dealkylation sites (tertiary alicyclic amines) is 1. The maximum atomic E-state index is 12.2. The summed E-state index contributed by atoms with van der Waals surface area (Å²) < 4.78 is 1.09. The molecule has 120 valence electrons. The quantitative estimate of drug-likeness (QED) is 0.893. The average molecular weight is 375 g/mol. The molecule has 5 nitrogen and oxygen atoms in total.